The maximum Gasteiger partial charge on any atom is 0.317 e. The molecule has 0 fully saturated rings. The lowest BCUT2D eigenvalue weighted by atomic mass is 10.1. The number of hydrogen-bond acceptors (Lipinski definition) is 2. The molecular weight excluding hydrogens is 344 g/mol. The van der Waals surface area contributed by atoms with Crippen LogP contribution in [-0.4, -0.2) is 25.2 Å². The van der Waals surface area contributed by atoms with Gasteiger partial charge in [-0.3, -0.25) is 0 Å². The van der Waals surface area contributed by atoms with Crippen LogP contribution in [0, 0.1) is 0 Å². The van der Waals surface area contributed by atoms with Crippen molar-refractivity contribution in [1.29, 1.82) is 0 Å². The summed E-state index contributed by atoms with van der Waals surface area (Å²) in [5, 5.41) is 0. The Kier molecular flexibility index (Phi) is 11.6. The van der Waals surface area contributed by atoms with Crippen molar-refractivity contribution in [3.05, 3.63) is 0 Å². The molecule has 0 aliphatic heterocycles. The average Bonchev–Trinajstić information content (AvgIpc) is 2.37. The van der Waals surface area contributed by atoms with E-state index >= 15 is 0 Å². The number of hydrogen-bond donors (Lipinski definition) is 0. The van der Waals surface area contributed by atoms with E-state index < -0.39 is 25.2 Å². The highest BCUT2D eigenvalue weighted by Gasteiger charge is 2.45. The van der Waals surface area contributed by atoms with Gasteiger partial charge in [0, 0.05) is 5.54 Å². The predicted molar refractivity (Wildman–Crippen MR) is 117 cm³/mol. The van der Waals surface area contributed by atoms with E-state index in [1.165, 1.54) is 57.8 Å². The third-order valence-corrected chi connectivity index (χ3v) is 14.7. The van der Waals surface area contributed by atoms with E-state index in [4.69, 9.17) is 8.23 Å². The van der Waals surface area contributed by atoms with Crippen LogP contribution in [0.15, 0.2) is 0 Å². The number of rotatable bonds is 14. The van der Waals surface area contributed by atoms with Crippen LogP contribution >= 0.6 is 0 Å². The van der Waals surface area contributed by atoms with Crippen molar-refractivity contribution in [2.75, 3.05) is 0 Å². The van der Waals surface area contributed by atoms with Crippen LogP contribution in [0.3, 0.4) is 0 Å². The van der Waals surface area contributed by atoms with Gasteiger partial charge in [0.15, 0.2) is 16.6 Å². The van der Waals surface area contributed by atoms with E-state index in [9.17, 15) is 0 Å². The van der Waals surface area contributed by atoms with Crippen LogP contribution < -0.4 is 0 Å². The molecule has 2 nitrogen and oxygen atoms in total. The molecule has 1 atom stereocenters. The van der Waals surface area contributed by atoms with Crippen molar-refractivity contribution in [3.63, 3.8) is 0 Å². The van der Waals surface area contributed by atoms with Crippen molar-refractivity contribution in [2.24, 2.45) is 0 Å². The molecule has 0 rings (SSSR count). The molecule has 0 bridgehead atoms. The third-order valence-electron chi connectivity index (χ3n) is 4.41. The van der Waals surface area contributed by atoms with Gasteiger partial charge in [-0.05, 0) is 52.2 Å². The zero-order valence-corrected chi connectivity index (χ0v) is 21.3. The van der Waals surface area contributed by atoms with Gasteiger partial charge in [-0.2, -0.15) is 0 Å². The third kappa shape index (κ3) is 12.0. The van der Waals surface area contributed by atoms with E-state index in [-0.39, 0.29) is 0 Å². The fourth-order valence-corrected chi connectivity index (χ4v) is 16.7. The summed E-state index contributed by atoms with van der Waals surface area (Å²) in [4.78, 5) is 0. The Morgan fingerprint density at radius 3 is 1.42 bits per heavy atom. The van der Waals surface area contributed by atoms with E-state index in [0.717, 1.165) is 0 Å². The average molecular weight is 391 g/mol. The minimum absolute atomic E-state index is 0.645. The van der Waals surface area contributed by atoms with Gasteiger partial charge in [-0.1, -0.05) is 65.2 Å². The molecule has 0 spiro atoms. The first kappa shape index (κ1) is 24.6. The molecule has 24 heavy (non-hydrogen) atoms. The Labute approximate surface area is 156 Å². The van der Waals surface area contributed by atoms with Gasteiger partial charge in [0.2, 0.25) is 0 Å². The van der Waals surface area contributed by atoms with Crippen molar-refractivity contribution < 1.29 is 8.23 Å². The molecule has 0 N–H and O–H groups in total. The fourth-order valence-electron chi connectivity index (χ4n) is 3.59. The molecule has 0 saturated carbocycles. The van der Waals surface area contributed by atoms with Crippen LogP contribution in [0.25, 0.3) is 0 Å². The first-order valence-corrected chi connectivity index (χ1v) is 19.5. The van der Waals surface area contributed by atoms with Gasteiger partial charge in [0.05, 0.1) is 0 Å². The van der Waals surface area contributed by atoms with Gasteiger partial charge < -0.3 is 8.23 Å². The molecule has 0 aromatic heterocycles. The molecule has 146 valence electrons. The Morgan fingerprint density at radius 1 is 0.625 bits per heavy atom. The summed E-state index contributed by atoms with van der Waals surface area (Å²) >= 11 is 0. The summed E-state index contributed by atoms with van der Waals surface area (Å²) in [7, 11) is -5.27. The first-order chi connectivity index (χ1) is 10.9. The lowest BCUT2D eigenvalue weighted by Crippen LogP contribution is -2.55. The van der Waals surface area contributed by atoms with Gasteiger partial charge in [0.25, 0.3) is 0 Å². The van der Waals surface area contributed by atoms with Crippen LogP contribution in [0.5, 0.6) is 0 Å². The van der Waals surface area contributed by atoms with Gasteiger partial charge >= 0.3 is 8.56 Å². The second kappa shape index (κ2) is 11.3. The van der Waals surface area contributed by atoms with Crippen molar-refractivity contribution >= 4 is 25.2 Å². The summed E-state index contributed by atoms with van der Waals surface area (Å²) in [6, 6.07) is 0. The van der Waals surface area contributed by atoms with E-state index in [2.05, 4.69) is 59.7 Å². The minimum Gasteiger partial charge on any atom is -0.436 e. The lowest BCUT2D eigenvalue weighted by Gasteiger charge is -2.43. The molecule has 0 radical (unpaired) electrons. The molecule has 5 heteroatoms. The molecule has 0 aliphatic carbocycles. The Bertz CT molecular complexity index is 306. The molecule has 0 aliphatic rings. The monoisotopic (exact) mass is 390 g/mol. The zero-order chi connectivity index (χ0) is 18.9. The SMILES string of the molecule is CCCCCCCCCC(CC)[Si](C)(O[Si](C)(C)C)O[Si](C)(C)C. The summed E-state index contributed by atoms with van der Waals surface area (Å²) in [5.74, 6) is 0. The van der Waals surface area contributed by atoms with Gasteiger partial charge in [-0.25, -0.2) is 0 Å². The molecular formula is C19H46O2Si3. The van der Waals surface area contributed by atoms with E-state index in [1.54, 1.807) is 0 Å². The van der Waals surface area contributed by atoms with E-state index in [1.807, 2.05) is 0 Å². The lowest BCUT2D eigenvalue weighted by molar-refractivity contribution is 0.351. The smallest absolute Gasteiger partial charge is 0.317 e. The highest BCUT2D eigenvalue weighted by molar-refractivity contribution is 6.88. The van der Waals surface area contributed by atoms with Crippen LogP contribution in [0.4, 0.5) is 0 Å². The van der Waals surface area contributed by atoms with Crippen molar-refractivity contribution in [1.82, 2.24) is 0 Å². The Balaban J connectivity index is 4.64. The summed E-state index contributed by atoms with van der Waals surface area (Å²) in [6.07, 6.45) is 12.2. The van der Waals surface area contributed by atoms with Crippen LogP contribution in [0.2, 0.25) is 51.4 Å². The van der Waals surface area contributed by atoms with Crippen molar-refractivity contribution in [2.45, 2.75) is 123 Å². The van der Waals surface area contributed by atoms with Crippen LogP contribution in [-0.2, 0) is 8.23 Å². The molecule has 1 unspecified atom stereocenters. The first-order valence-electron chi connectivity index (χ1n) is 10.3. The summed E-state index contributed by atoms with van der Waals surface area (Å²) < 4.78 is 13.5. The second-order valence-electron chi connectivity index (χ2n) is 9.46. The summed E-state index contributed by atoms with van der Waals surface area (Å²) in [6.45, 7) is 20.8. The van der Waals surface area contributed by atoms with E-state index in [0.29, 0.717) is 5.54 Å². The van der Waals surface area contributed by atoms with Crippen molar-refractivity contribution in [3.8, 4) is 0 Å². The normalized spacial score (nSPS) is 14.9. The fraction of sp³-hybridized carbons (Fsp3) is 1.00. The topological polar surface area (TPSA) is 18.5 Å². The largest absolute Gasteiger partial charge is 0.436 e. The maximum absolute atomic E-state index is 6.75. The maximum atomic E-state index is 6.75. The molecule has 0 saturated heterocycles. The van der Waals surface area contributed by atoms with Gasteiger partial charge in [0.1, 0.15) is 0 Å². The zero-order valence-electron chi connectivity index (χ0n) is 18.3. The summed E-state index contributed by atoms with van der Waals surface area (Å²) in [5.41, 5.74) is 0.645. The Hall–Kier alpha value is 0.571. The molecule has 0 aromatic carbocycles. The second-order valence-corrected chi connectivity index (χ2v) is 22.4. The number of unbranched alkanes of at least 4 members (excludes halogenated alkanes) is 6. The van der Waals surface area contributed by atoms with Crippen LogP contribution in [0.1, 0.15) is 71.6 Å². The highest BCUT2D eigenvalue weighted by Crippen LogP contribution is 2.37. The quantitative estimate of drug-likeness (QED) is 0.223. The molecule has 0 amide bonds. The predicted octanol–water partition coefficient (Wildman–Crippen LogP) is 7.68. The highest BCUT2D eigenvalue weighted by atomic mass is 28.5. The minimum atomic E-state index is -2.11. The standard InChI is InChI=1S/C19H46O2Si3/c1-10-12-13-14-15-16-17-18-19(11-2)24(9,20-22(3,4)5)21-23(6,7)8/h19H,10-18H2,1-9H3. The molecule has 0 heterocycles. The molecule has 0 aromatic rings. The Morgan fingerprint density at radius 2 is 1.04 bits per heavy atom. The van der Waals surface area contributed by atoms with Gasteiger partial charge in [-0.15, -0.1) is 0 Å².